The van der Waals surface area contributed by atoms with Crippen molar-refractivity contribution in [3.05, 3.63) is 11.7 Å². The van der Waals surface area contributed by atoms with Gasteiger partial charge in [0, 0.05) is 18.9 Å². The van der Waals surface area contributed by atoms with Crippen molar-refractivity contribution in [3.8, 4) is 0 Å². The largest absolute Gasteiger partial charge is 0.444 e. The van der Waals surface area contributed by atoms with Gasteiger partial charge in [-0.3, -0.25) is 4.79 Å². The molecule has 0 radical (unpaired) electrons. The molecule has 3 rings (SSSR count). The predicted octanol–water partition coefficient (Wildman–Crippen LogP) is 4.31. The van der Waals surface area contributed by atoms with E-state index < -0.39 is 17.2 Å². The molecule has 2 saturated carbocycles. The molecule has 0 saturated heterocycles. The lowest BCUT2D eigenvalue weighted by atomic mass is 9.89. The van der Waals surface area contributed by atoms with Gasteiger partial charge < -0.3 is 19.9 Å². The van der Waals surface area contributed by atoms with E-state index in [0.29, 0.717) is 17.6 Å². The van der Waals surface area contributed by atoms with Gasteiger partial charge in [0.25, 0.3) is 0 Å². The molecule has 1 heterocycles. The number of alkyl carbamates (subject to hydrolysis) is 1. The number of nitrogens with zero attached hydrogens (tertiary/aromatic N) is 2. The average Bonchev–Trinajstić information content (AvgIpc) is 3.30. The van der Waals surface area contributed by atoms with Crippen molar-refractivity contribution >= 4 is 12.0 Å². The number of carbonyl (C=O) groups is 2. The number of amides is 2. The molecule has 1 aromatic rings. The number of hydrogen-bond acceptors (Lipinski definition) is 6. The van der Waals surface area contributed by atoms with Crippen molar-refractivity contribution < 1.29 is 18.8 Å². The number of hydrogen-bond donors (Lipinski definition) is 2. The summed E-state index contributed by atoms with van der Waals surface area (Å²) in [5.41, 5.74) is -1.15. The van der Waals surface area contributed by atoms with Crippen LogP contribution in [0.2, 0.25) is 0 Å². The van der Waals surface area contributed by atoms with Crippen LogP contribution in [-0.2, 0) is 15.1 Å². The summed E-state index contributed by atoms with van der Waals surface area (Å²) >= 11 is 0. The van der Waals surface area contributed by atoms with Crippen LogP contribution in [0.4, 0.5) is 4.79 Å². The highest BCUT2D eigenvalue weighted by Gasteiger charge is 2.39. The van der Waals surface area contributed by atoms with Gasteiger partial charge in [-0.15, -0.1) is 0 Å². The molecule has 168 valence electrons. The van der Waals surface area contributed by atoms with E-state index in [0.717, 1.165) is 51.4 Å². The summed E-state index contributed by atoms with van der Waals surface area (Å²) in [5.74, 6) is 1.55. The average molecular weight is 421 g/mol. The summed E-state index contributed by atoms with van der Waals surface area (Å²) in [6, 6.07) is 0. The van der Waals surface area contributed by atoms with Gasteiger partial charge in [0.2, 0.25) is 11.8 Å². The van der Waals surface area contributed by atoms with Crippen molar-refractivity contribution in [3.63, 3.8) is 0 Å². The molecule has 2 fully saturated rings. The summed E-state index contributed by atoms with van der Waals surface area (Å²) in [6.07, 6.45) is 10.2. The molecule has 0 atom stereocenters. The minimum Gasteiger partial charge on any atom is -0.444 e. The lowest BCUT2D eigenvalue weighted by molar-refractivity contribution is -0.123. The van der Waals surface area contributed by atoms with Gasteiger partial charge >= 0.3 is 6.09 Å². The highest BCUT2D eigenvalue weighted by atomic mass is 16.6. The Labute approximate surface area is 178 Å². The topological polar surface area (TPSA) is 106 Å². The quantitative estimate of drug-likeness (QED) is 0.664. The summed E-state index contributed by atoms with van der Waals surface area (Å²) in [7, 11) is 0. The lowest BCUT2D eigenvalue weighted by Crippen LogP contribution is -2.47. The molecule has 2 amide bonds. The van der Waals surface area contributed by atoms with Crippen LogP contribution in [0.15, 0.2) is 4.52 Å². The normalized spacial score (nSPS) is 19.8. The first-order chi connectivity index (χ1) is 14.3. The van der Waals surface area contributed by atoms with E-state index in [1.807, 2.05) is 0 Å². The molecule has 0 aliphatic heterocycles. The minimum atomic E-state index is -0.583. The molecule has 0 bridgehead atoms. The van der Waals surface area contributed by atoms with Gasteiger partial charge in [0.15, 0.2) is 5.82 Å². The van der Waals surface area contributed by atoms with Gasteiger partial charge in [-0.25, -0.2) is 4.79 Å². The van der Waals surface area contributed by atoms with Crippen molar-refractivity contribution in [1.29, 1.82) is 0 Å². The van der Waals surface area contributed by atoms with E-state index in [1.165, 1.54) is 12.8 Å². The molecule has 1 aromatic heterocycles. The third-order valence-corrected chi connectivity index (χ3v) is 5.93. The number of rotatable bonds is 6. The molecule has 2 N–H and O–H groups in total. The van der Waals surface area contributed by atoms with Gasteiger partial charge in [-0.1, -0.05) is 43.7 Å². The van der Waals surface area contributed by atoms with Crippen LogP contribution in [0, 0.1) is 0 Å². The van der Waals surface area contributed by atoms with Crippen LogP contribution in [0.5, 0.6) is 0 Å². The van der Waals surface area contributed by atoms with E-state index in [-0.39, 0.29) is 18.9 Å². The van der Waals surface area contributed by atoms with Crippen molar-refractivity contribution in [2.75, 3.05) is 6.54 Å². The number of carbonyl (C=O) groups excluding carboxylic acids is 2. The summed E-state index contributed by atoms with van der Waals surface area (Å²) in [6.45, 7) is 5.63. The first-order valence-electron chi connectivity index (χ1n) is 11.4. The van der Waals surface area contributed by atoms with Gasteiger partial charge in [0.1, 0.15) is 11.1 Å². The maximum absolute atomic E-state index is 12.7. The standard InChI is InChI=1S/C22H36N4O4/c1-21(2,3)29-20(28)23-15-12-17(27)25-22(13-8-4-5-9-14-22)19-24-18(30-26-19)16-10-6-7-11-16/h16H,4-15H2,1-3H3,(H,23,28)(H,25,27). The fourth-order valence-electron chi connectivity index (χ4n) is 4.43. The van der Waals surface area contributed by atoms with Crippen LogP contribution in [0.25, 0.3) is 0 Å². The maximum Gasteiger partial charge on any atom is 0.407 e. The lowest BCUT2D eigenvalue weighted by Gasteiger charge is -2.30. The molecule has 0 spiro atoms. The second-order valence-corrected chi connectivity index (χ2v) is 9.66. The molecule has 2 aliphatic rings. The van der Waals surface area contributed by atoms with Crippen LogP contribution < -0.4 is 10.6 Å². The smallest absolute Gasteiger partial charge is 0.407 e. The summed E-state index contributed by atoms with van der Waals surface area (Å²) < 4.78 is 10.8. The zero-order valence-corrected chi connectivity index (χ0v) is 18.6. The Morgan fingerprint density at radius 2 is 1.77 bits per heavy atom. The van der Waals surface area contributed by atoms with E-state index in [1.54, 1.807) is 20.8 Å². The number of nitrogens with one attached hydrogen (secondary N) is 2. The molecule has 8 nitrogen and oxygen atoms in total. The highest BCUT2D eigenvalue weighted by molar-refractivity contribution is 5.78. The third-order valence-electron chi connectivity index (χ3n) is 5.93. The molecule has 0 unspecified atom stereocenters. The Bertz CT molecular complexity index is 711. The number of ether oxygens (including phenoxy) is 1. The first-order valence-corrected chi connectivity index (χ1v) is 11.4. The Morgan fingerprint density at radius 1 is 1.10 bits per heavy atom. The van der Waals surface area contributed by atoms with Crippen molar-refractivity contribution in [2.24, 2.45) is 0 Å². The molecular formula is C22H36N4O4. The zero-order valence-electron chi connectivity index (χ0n) is 18.6. The predicted molar refractivity (Wildman–Crippen MR) is 112 cm³/mol. The SMILES string of the molecule is CC(C)(C)OC(=O)NCCC(=O)NC1(c2noc(C3CCCC3)n2)CCCCCC1. The highest BCUT2D eigenvalue weighted by Crippen LogP contribution is 2.37. The van der Waals surface area contributed by atoms with Crippen LogP contribution in [0.3, 0.4) is 0 Å². The van der Waals surface area contributed by atoms with Gasteiger partial charge in [-0.05, 0) is 46.5 Å². The summed E-state index contributed by atoms with van der Waals surface area (Å²) in [4.78, 5) is 29.3. The van der Waals surface area contributed by atoms with Crippen LogP contribution >= 0.6 is 0 Å². The van der Waals surface area contributed by atoms with Crippen LogP contribution in [0.1, 0.15) is 109 Å². The molecule has 8 heteroatoms. The minimum absolute atomic E-state index is 0.125. The molecule has 0 aromatic carbocycles. The van der Waals surface area contributed by atoms with Gasteiger partial charge in [0.05, 0.1) is 0 Å². The fourth-order valence-corrected chi connectivity index (χ4v) is 4.43. The van der Waals surface area contributed by atoms with E-state index >= 15 is 0 Å². The third kappa shape index (κ3) is 6.19. The Hall–Kier alpha value is -2.12. The summed E-state index contributed by atoms with van der Waals surface area (Å²) in [5, 5.41) is 10.1. The maximum atomic E-state index is 12.7. The zero-order chi connectivity index (χ0) is 21.6. The van der Waals surface area contributed by atoms with Crippen LogP contribution in [-0.4, -0.2) is 34.3 Å². The van der Waals surface area contributed by atoms with Gasteiger partial charge in [-0.2, -0.15) is 4.98 Å². The number of aromatic nitrogens is 2. The molecule has 2 aliphatic carbocycles. The first kappa shape index (κ1) is 22.6. The Kier molecular flexibility index (Phi) is 7.36. The molecule has 30 heavy (non-hydrogen) atoms. The molecular weight excluding hydrogens is 384 g/mol. The monoisotopic (exact) mass is 420 g/mol. The second kappa shape index (κ2) is 9.79. The fraction of sp³-hybridized carbons (Fsp3) is 0.818. The van der Waals surface area contributed by atoms with E-state index in [4.69, 9.17) is 14.2 Å². The van der Waals surface area contributed by atoms with Crippen molar-refractivity contribution in [2.45, 2.75) is 108 Å². The Morgan fingerprint density at radius 3 is 2.40 bits per heavy atom. The Balaban J connectivity index is 1.62. The van der Waals surface area contributed by atoms with E-state index in [2.05, 4.69) is 15.8 Å². The second-order valence-electron chi connectivity index (χ2n) is 9.66. The van der Waals surface area contributed by atoms with E-state index in [9.17, 15) is 9.59 Å². The van der Waals surface area contributed by atoms with Crippen molar-refractivity contribution in [1.82, 2.24) is 20.8 Å².